The molecule has 138 valence electrons. The van der Waals surface area contributed by atoms with Crippen molar-refractivity contribution in [3.63, 3.8) is 0 Å². The average Bonchev–Trinajstić information content (AvgIpc) is 3.03. The van der Waals surface area contributed by atoms with Crippen LogP contribution in [-0.2, 0) is 6.54 Å². The molecule has 0 amide bonds. The fourth-order valence-corrected chi connectivity index (χ4v) is 3.04. The molecule has 0 bridgehead atoms. The molecule has 0 saturated carbocycles. The minimum absolute atomic E-state index is 0. The summed E-state index contributed by atoms with van der Waals surface area (Å²) in [6.07, 6.45) is 0. The predicted octanol–water partition coefficient (Wildman–Crippen LogP) is 4.76. The standard InChI is InChI=1S/C18H25FN4S.HI/c1-11(2)17-23-15(10-24-17)9-21-18(20-5)22-13(4)14-7-6-12(3)16(19)8-14;/h6-8,10-11,13H,9H2,1-5H3,(H2,20,21,22);1H. The van der Waals surface area contributed by atoms with Gasteiger partial charge in [-0.25, -0.2) is 9.37 Å². The van der Waals surface area contributed by atoms with Gasteiger partial charge in [0.05, 0.1) is 23.3 Å². The number of aliphatic imine (C=N–C) groups is 1. The van der Waals surface area contributed by atoms with Crippen LogP contribution in [0.2, 0.25) is 0 Å². The molecule has 1 heterocycles. The molecule has 0 radical (unpaired) electrons. The molecule has 1 aromatic heterocycles. The van der Waals surface area contributed by atoms with Gasteiger partial charge in [-0.15, -0.1) is 35.3 Å². The first-order valence-electron chi connectivity index (χ1n) is 8.08. The number of aromatic nitrogens is 1. The minimum atomic E-state index is -0.187. The lowest BCUT2D eigenvalue weighted by Gasteiger charge is -2.18. The van der Waals surface area contributed by atoms with Gasteiger partial charge in [-0.2, -0.15) is 0 Å². The molecule has 1 aromatic carbocycles. The van der Waals surface area contributed by atoms with Crippen LogP contribution in [-0.4, -0.2) is 18.0 Å². The van der Waals surface area contributed by atoms with E-state index in [0.717, 1.165) is 16.3 Å². The number of aryl methyl sites for hydroxylation is 1. The summed E-state index contributed by atoms with van der Waals surface area (Å²) in [4.78, 5) is 8.83. The topological polar surface area (TPSA) is 49.3 Å². The Labute approximate surface area is 170 Å². The van der Waals surface area contributed by atoms with Crippen molar-refractivity contribution in [3.8, 4) is 0 Å². The number of thiazole rings is 1. The lowest BCUT2D eigenvalue weighted by atomic mass is 10.1. The number of halogens is 2. The zero-order valence-electron chi connectivity index (χ0n) is 15.3. The lowest BCUT2D eigenvalue weighted by Crippen LogP contribution is -2.38. The monoisotopic (exact) mass is 476 g/mol. The van der Waals surface area contributed by atoms with Crippen LogP contribution in [0.1, 0.15) is 54.6 Å². The second kappa shape index (κ2) is 10.1. The number of hydrogen-bond acceptors (Lipinski definition) is 3. The molecular weight excluding hydrogens is 450 g/mol. The third-order valence-corrected chi connectivity index (χ3v) is 4.97. The van der Waals surface area contributed by atoms with E-state index in [1.807, 2.05) is 13.0 Å². The van der Waals surface area contributed by atoms with Crippen LogP contribution in [0, 0.1) is 12.7 Å². The first-order valence-corrected chi connectivity index (χ1v) is 8.96. The second-order valence-corrected chi connectivity index (χ2v) is 7.02. The molecule has 0 aliphatic heterocycles. The smallest absolute Gasteiger partial charge is 0.191 e. The third kappa shape index (κ3) is 6.22. The van der Waals surface area contributed by atoms with Crippen molar-refractivity contribution in [2.75, 3.05) is 7.05 Å². The summed E-state index contributed by atoms with van der Waals surface area (Å²) >= 11 is 1.68. The largest absolute Gasteiger partial charge is 0.351 e. The summed E-state index contributed by atoms with van der Waals surface area (Å²) in [5.41, 5.74) is 2.54. The highest BCUT2D eigenvalue weighted by molar-refractivity contribution is 14.0. The van der Waals surface area contributed by atoms with Gasteiger partial charge in [-0.1, -0.05) is 26.0 Å². The molecular formula is C18H26FIN4S. The van der Waals surface area contributed by atoms with E-state index in [2.05, 4.69) is 39.8 Å². The maximum atomic E-state index is 13.7. The zero-order valence-corrected chi connectivity index (χ0v) is 18.4. The molecule has 2 N–H and O–H groups in total. The van der Waals surface area contributed by atoms with Gasteiger partial charge >= 0.3 is 0 Å². The molecule has 4 nitrogen and oxygen atoms in total. The molecule has 0 spiro atoms. The van der Waals surface area contributed by atoms with Gasteiger partial charge < -0.3 is 10.6 Å². The van der Waals surface area contributed by atoms with E-state index < -0.39 is 0 Å². The van der Waals surface area contributed by atoms with E-state index in [-0.39, 0.29) is 35.8 Å². The normalized spacial score (nSPS) is 12.7. The Balaban J connectivity index is 0.00000312. The van der Waals surface area contributed by atoms with Crippen LogP contribution in [0.3, 0.4) is 0 Å². The van der Waals surface area contributed by atoms with Crippen molar-refractivity contribution in [1.29, 1.82) is 0 Å². The summed E-state index contributed by atoms with van der Waals surface area (Å²) < 4.78 is 13.7. The Morgan fingerprint density at radius 3 is 2.60 bits per heavy atom. The third-order valence-electron chi connectivity index (χ3n) is 3.77. The molecule has 0 aliphatic rings. The summed E-state index contributed by atoms with van der Waals surface area (Å²) in [6, 6.07) is 5.24. The van der Waals surface area contributed by atoms with Crippen LogP contribution in [0.15, 0.2) is 28.6 Å². The van der Waals surface area contributed by atoms with E-state index in [1.165, 1.54) is 0 Å². The Bertz CT molecular complexity index is 715. The van der Waals surface area contributed by atoms with E-state index in [0.29, 0.717) is 24.0 Å². The van der Waals surface area contributed by atoms with Crippen LogP contribution in [0.4, 0.5) is 4.39 Å². The van der Waals surface area contributed by atoms with Crippen molar-refractivity contribution in [2.45, 2.75) is 46.2 Å². The summed E-state index contributed by atoms with van der Waals surface area (Å²) in [5, 5.41) is 9.73. The molecule has 1 atom stereocenters. The highest BCUT2D eigenvalue weighted by Crippen LogP contribution is 2.19. The molecule has 0 fully saturated rings. The Hall–Kier alpha value is -1.22. The molecule has 0 saturated heterocycles. The van der Waals surface area contributed by atoms with Crippen molar-refractivity contribution in [1.82, 2.24) is 15.6 Å². The molecule has 2 rings (SSSR count). The molecule has 1 unspecified atom stereocenters. The number of rotatable bonds is 5. The summed E-state index contributed by atoms with van der Waals surface area (Å²) in [5.74, 6) is 0.924. The van der Waals surface area contributed by atoms with Crippen LogP contribution in [0.5, 0.6) is 0 Å². The number of guanidine groups is 1. The molecule has 2 aromatic rings. The van der Waals surface area contributed by atoms with Crippen LogP contribution >= 0.6 is 35.3 Å². The van der Waals surface area contributed by atoms with Gasteiger partial charge in [0.15, 0.2) is 5.96 Å². The highest BCUT2D eigenvalue weighted by Gasteiger charge is 2.11. The zero-order chi connectivity index (χ0) is 17.7. The first-order chi connectivity index (χ1) is 11.4. The van der Waals surface area contributed by atoms with Gasteiger partial charge in [-0.05, 0) is 31.0 Å². The van der Waals surface area contributed by atoms with Gasteiger partial charge in [0.25, 0.3) is 0 Å². The fraction of sp³-hybridized carbons (Fsp3) is 0.444. The number of hydrogen-bond donors (Lipinski definition) is 2. The van der Waals surface area contributed by atoms with Gasteiger partial charge in [0, 0.05) is 18.3 Å². The lowest BCUT2D eigenvalue weighted by molar-refractivity contribution is 0.607. The number of benzene rings is 1. The second-order valence-electron chi connectivity index (χ2n) is 6.13. The quantitative estimate of drug-likeness (QED) is 0.372. The van der Waals surface area contributed by atoms with Gasteiger partial charge in [0.2, 0.25) is 0 Å². The molecule has 25 heavy (non-hydrogen) atoms. The Morgan fingerprint density at radius 2 is 2.04 bits per heavy atom. The number of nitrogens with one attached hydrogen (secondary N) is 2. The molecule has 0 aliphatic carbocycles. The Morgan fingerprint density at radius 1 is 1.32 bits per heavy atom. The first kappa shape index (κ1) is 21.8. The summed E-state index contributed by atoms with van der Waals surface area (Å²) in [6.45, 7) is 8.63. The van der Waals surface area contributed by atoms with Gasteiger partial charge in [-0.3, -0.25) is 4.99 Å². The maximum absolute atomic E-state index is 13.7. The van der Waals surface area contributed by atoms with Gasteiger partial charge in [0.1, 0.15) is 5.82 Å². The van der Waals surface area contributed by atoms with E-state index in [1.54, 1.807) is 37.4 Å². The minimum Gasteiger partial charge on any atom is -0.351 e. The van der Waals surface area contributed by atoms with E-state index in [4.69, 9.17) is 0 Å². The van der Waals surface area contributed by atoms with Crippen molar-refractivity contribution >= 4 is 41.3 Å². The predicted molar refractivity (Wildman–Crippen MR) is 115 cm³/mol. The van der Waals surface area contributed by atoms with Crippen molar-refractivity contribution in [2.24, 2.45) is 4.99 Å². The molecule has 7 heteroatoms. The SMILES string of the molecule is CN=C(NCc1csc(C(C)C)n1)NC(C)c1ccc(C)c(F)c1.I. The van der Waals surface area contributed by atoms with E-state index >= 15 is 0 Å². The van der Waals surface area contributed by atoms with Crippen molar-refractivity contribution in [3.05, 3.63) is 51.2 Å². The summed E-state index contributed by atoms with van der Waals surface area (Å²) in [7, 11) is 1.72. The van der Waals surface area contributed by atoms with E-state index in [9.17, 15) is 4.39 Å². The Kier molecular flexibility index (Phi) is 8.78. The highest BCUT2D eigenvalue weighted by atomic mass is 127. The maximum Gasteiger partial charge on any atom is 0.191 e. The van der Waals surface area contributed by atoms with Crippen molar-refractivity contribution < 1.29 is 4.39 Å². The average molecular weight is 476 g/mol. The van der Waals surface area contributed by atoms with Crippen LogP contribution in [0.25, 0.3) is 0 Å². The number of nitrogens with zero attached hydrogens (tertiary/aromatic N) is 2. The fourth-order valence-electron chi connectivity index (χ4n) is 2.20. The van der Waals surface area contributed by atoms with Crippen LogP contribution < -0.4 is 10.6 Å².